The molecule has 0 fully saturated rings. The van der Waals surface area contributed by atoms with E-state index in [9.17, 15) is 4.79 Å². The van der Waals surface area contributed by atoms with Crippen molar-refractivity contribution in [3.63, 3.8) is 0 Å². The van der Waals surface area contributed by atoms with Gasteiger partial charge in [0.15, 0.2) is 0 Å². The van der Waals surface area contributed by atoms with Crippen LogP contribution in [0.25, 0.3) is 0 Å². The average molecular weight is 170 g/mol. The van der Waals surface area contributed by atoms with Crippen molar-refractivity contribution in [3.05, 3.63) is 12.7 Å². The van der Waals surface area contributed by atoms with E-state index >= 15 is 0 Å². The predicted molar refractivity (Wildman–Crippen MR) is 49.9 cm³/mol. The molecular weight excluding hydrogens is 152 g/mol. The molecule has 0 spiro atoms. The van der Waals surface area contributed by atoms with Gasteiger partial charge in [-0.2, -0.15) is 0 Å². The van der Waals surface area contributed by atoms with E-state index in [2.05, 4.69) is 6.58 Å². The Morgan fingerprint density at radius 2 is 2.25 bits per heavy atom. The van der Waals surface area contributed by atoms with Crippen LogP contribution in [0.4, 0.5) is 0 Å². The van der Waals surface area contributed by atoms with Crippen molar-refractivity contribution >= 4 is 5.97 Å². The van der Waals surface area contributed by atoms with E-state index in [4.69, 9.17) is 4.74 Å². The number of esters is 1. The fourth-order valence-electron chi connectivity index (χ4n) is 0.853. The van der Waals surface area contributed by atoms with Crippen molar-refractivity contribution < 1.29 is 9.53 Å². The Bertz CT molecular complexity index is 130. The van der Waals surface area contributed by atoms with Crippen molar-refractivity contribution in [1.29, 1.82) is 0 Å². The molecular formula is C10H18O2. The van der Waals surface area contributed by atoms with E-state index in [1.165, 1.54) is 0 Å². The first-order valence-corrected chi connectivity index (χ1v) is 4.57. The van der Waals surface area contributed by atoms with Gasteiger partial charge in [0.25, 0.3) is 0 Å². The maximum Gasteiger partial charge on any atom is 0.305 e. The zero-order valence-electron chi connectivity index (χ0n) is 7.84. The second-order valence-electron chi connectivity index (χ2n) is 2.75. The van der Waals surface area contributed by atoms with Gasteiger partial charge in [-0.3, -0.25) is 4.79 Å². The minimum absolute atomic E-state index is 0.0731. The maximum atomic E-state index is 10.8. The number of carbonyl (C=O) groups excluding carboxylic acids is 1. The van der Waals surface area contributed by atoms with Gasteiger partial charge in [0.2, 0.25) is 0 Å². The van der Waals surface area contributed by atoms with Crippen LogP contribution in [-0.2, 0) is 9.53 Å². The van der Waals surface area contributed by atoms with Gasteiger partial charge in [-0.1, -0.05) is 13.0 Å². The van der Waals surface area contributed by atoms with Crippen molar-refractivity contribution in [1.82, 2.24) is 0 Å². The van der Waals surface area contributed by atoms with Gasteiger partial charge in [-0.25, -0.2) is 0 Å². The third-order valence-corrected chi connectivity index (χ3v) is 1.52. The fourth-order valence-corrected chi connectivity index (χ4v) is 0.853. The summed E-state index contributed by atoms with van der Waals surface area (Å²) in [6.07, 6.45) is 6.30. The lowest BCUT2D eigenvalue weighted by atomic mass is 10.2. The van der Waals surface area contributed by atoms with Crippen molar-refractivity contribution in [2.24, 2.45) is 0 Å². The van der Waals surface area contributed by atoms with Gasteiger partial charge in [-0.15, -0.1) is 6.58 Å². The molecule has 0 N–H and O–H groups in total. The maximum absolute atomic E-state index is 10.8. The summed E-state index contributed by atoms with van der Waals surface area (Å²) >= 11 is 0. The molecule has 0 aromatic rings. The molecule has 0 saturated carbocycles. The first kappa shape index (κ1) is 11.2. The number of hydrogen-bond acceptors (Lipinski definition) is 2. The molecule has 70 valence electrons. The monoisotopic (exact) mass is 170 g/mol. The lowest BCUT2D eigenvalue weighted by molar-refractivity contribution is -0.143. The summed E-state index contributed by atoms with van der Waals surface area (Å²) in [6, 6.07) is 0. The number of carbonyl (C=O) groups is 1. The van der Waals surface area contributed by atoms with Crippen LogP contribution in [0.15, 0.2) is 12.7 Å². The van der Waals surface area contributed by atoms with E-state index in [-0.39, 0.29) is 5.97 Å². The van der Waals surface area contributed by atoms with Crippen LogP contribution in [0.1, 0.15) is 39.0 Å². The normalized spacial score (nSPS) is 9.42. The highest BCUT2D eigenvalue weighted by Crippen LogP contribution is 1.98. The molecule has 0 rings (SSSR count). The van der Waals surface area contributed by atoms with Crippen molar-refractivity contribution in [3.8, 4) is 0 Å². The summed E-state index contributed by atoms with van der Waals surface area (Å²) in [4.78, 5) is 10.8. The molecule has 0 aromatic heterocycles. The van der Waals surface area contributed by atoms with Crippen molar-refractivity contribution in [2.45, 2.75) is 39.0 Å². The van der Waals surface area contributed by atoms with Gasteiger partial charge in [0.1, 0.15) is 0 Å². The molecule has 0 amide bonds. The Balaban J connectivity index is 3.08. The Labute approximate surface area is 74.6 Å². The predicted octanol–water partition coefficient (Wildman–Crippen LogP) is 2.69. The molecule has 0 atom stereocenters. The molecule has 0 radical (unpaired) electrons. The smallest absolute Gasteiger partial charge is 0.305 e. The highest BCUT2D eigenvalue weighted by molar-refractivity contribution is 5.69. The van der Waals surface area contributed by atoms with Crippen LogP contribution in [0.3, 0.4) is 0 Å². The zero-order valence-corrected chi connectivity index (χ0v) is 7.84. The number of hydrogen-bond donors (Lipinski definition) is 0. The van der Waals surface area contributed by atoms with Crippen LogP contribution in [-0.4, -0.2) is 12.6 Å². The largest absolute Gasteiger partial charge is 0.466 e. The molecule has 0 aliphatic rings. The summed E-state index contributed by atoms with van der Waals surface area (Å²) in [5.41, 5.74) is 0. The summed E-state index contributed by atoms with van der Waals surface area (Å²) in [6.45, 7) is 6.15. The van der Waals surface area contributed by atoms with Gasteiger partial charge >= 0.3 is 5.97 Å². The van der Waals surface area contributed by atoms with E-state index in [1.807, 2.05) is 13.0 Å². The van der Waals surface area contributed by atoms with Crippen LogP contribution >= 0.6 is 0 Å². The minimum Gasteiger partial charge on any atom is -0.466 e. The first-order valence-electron chi connectivity index (χ1n) is 4.57. The lowest BCUT2D eigenvalue weighted by Crippen LogP contribution is -2.04. The Morgan fingerprint density at radius 3 is 2.83 bits per heavy atom. The third kappa shape index (κ3) is 7.32. The second kappa shape index (κ2) is 8.31. The Hall–Kier alpha value is -0.790. The molecule has 0 saturated heterocycles. The Kier molecular flexibility index (Phi) is 7.76. The van der Waals surface area contributed by atoms with Crippen LogP contribution in [0, 0.1) is 0 Å². The van der Waals surface area contributed by atoms with E-state index in [1.54, 1.807) is 0 Å². The fraction of sp³-hybridized carbons (Fsp3) is 0.700. The first-order chi connectivity index (χ1) is 5.81. The van der Waals surface area contributed by atoms with Gasteiger partial charge < -0.3 is 4.74 Å². The number of rotatable bonds is 7. The lowest BCUT2D eigenvalue weighted by Gasteiger charge is -2.01. The van der Waals surface area contributed by atoms with Gasteiger partial charge in [0.05, 0.1) is 6.61 Å². The standard InChI is InChI=1S/C10H18O2/c1-3-5-6-7-9-12-10(11)8-4-2/h3H,1,4-9H2,2H3. The number of ether oxygens (including phenoxy) is 1. The van der Waals surface area contributed by atoms with E-state index in [0.29, 0.717) is 13.0 Å². The Morgan fingerprint density at radius 1 is 1.50 bits per heavy atom. The summed E-state index contributed by atoms with van der Waals surface area (Å²) < 4.78 is 4.96. The number of unbranched alkanes of at least 4 members (excludes halogenated alkanes) is 2. The van der Waals surface area contributed by atoms with Crippen LogP contribution < -0.4 is 0 Å². The summed E-state index contributed by atoms with van der Waals surface area (Å²) in [5.74, 6) is -0.0731. The van der Waals surface area contributed by atoms with E-state index < -0.39 is 0 Å². The molecule has 0 aromatic carbocycles. The van der Waals surface area contributed by atoms with Gasteiger partial charge in [0, 0.05) is 6.42 Å². The molecule has 0 aliphatic heterocycles. The summed E-state index contributed by atoms with van der Waals surface area (Å²) in [7, 11) is 0. The molecule has 12 heavy (non-hydrogen) atoms. The topological polar surface area (TPSA) is 26.3 Å². The quantitative estimate of drug-likeness (QED) is 0.333. The molecule has 0 bridgehead atoms. The van der Waals surface area contributed by atoms with Crippen LogP contribution in [0.5, 0.6) is 0 Å². The molecule has 0 unspecified atom stereocenters. The van der Waals surface area contributed by atoms with Crippen LogP contribution in [0.2, 0.25) is 0 Å². The van der Waals surface area contributed by atoms with Gasteiger partial charge in [-0.05, 0) is 25.7 Å². The molecule has 0 aliphatic carbocycles. The molecule has 2 nitrogen and oxygen atoms in total. The number of allylic oxidation sites excluding steroid dienone is 1. The third-order valence-electron chi connectivity index (χ3n) is 1.52. The highest BCUT2D eigenvalue weighted by Gasteiger charge is 1.98. The average Bonchev–Trinajstić information content (AvgIpc) is 2.05. The second-order valence-corrected chi connectivity index (χ2v) is 2.75. The highest BCUT2D eigenvalue weighted by atomic mass is 16.5. The minimum atomic E-state index is -0.0731. The SMILES string of the molecule is C=CCCCCOC(=O)CCC. The summed E-state index contributed by atoms with van der Waals surface area (Å²) in [5, 5.41) is 0. The zero-order chi connectivity index (χ0) is 9.23. The molecule has 0 heterocycles. The molecule has 2 heteroatoms. The van der Waals surface area contributed by atoms with Crippen molar-refractivity contribution in [2.75, 3.05) is 6.61 Å². The van der Waals surface area contributed by atoms with E-state index in [0.717, 1.165) is 25.7 Å².